The minimum atomic E-state index is -0.850. The van der Waals surface area contributed by atoms with Crippen LogP contribution < -0.4 is 9.47 Å². The molecule has 2 heterocycles. The summed E-state index contributed by atoms with van der Waals surface area (Å²) in [4.78, 5) is 0. The van der Waals surface area contributed by atoms with Crippen LogP contribution in [-0.2, 0) is 21.3 Å². The van der Waals surface area contributed by atoms with Gasteiger partial charge in [-0.1, -0.05) is 59.4 Å². The van der Waals surface area contributed by atoms with Crippen LogP contribution in [0.5, 0.6) is 11.5 Å². The summed E-state index contributed by atoms with van der Waals surface area (Å²) in [6.07, 6.45) is 7.87. The highest BCUT2D eigenvalue weighted by atomic mass is 16.7. The fraction of sp³-hybridized carbons (Fsp3) is 0.786. The molecular weight excluding hydrogens is 416 g/mol. The van der Waals surface area contributed by atoms with Crippen LogP contribution in [0, 0.1) is 11.3 Å². The van der Waals surface area contributed by atoms with Gasteiger partial charge in [-0.3, -0.25) is 0 Å². The van der Waals surface area contributed by atoms with Gasteiger partial charge in [0.25, 0.3) is 0 Å². The van der Waals surface area contributed by atoms with Gasteiger partial charge in [0, 0.05) is 29.4 Å². The van der Waals surface area contributed by atoms with Crippen molar-refractivity contribution < 1.29 is 24.1 Å². The summed E-state index contributed by atoms with van der Waals surface area (Å²) in [5, 5.41) is 11.0. The van der Waals surface area contributed by atoms with Crippen molar-refractivity contribution in [2.75, 3.05) is 20.3 Å². The summed E-state index contributed by atoms with van der Waals surface area (Å²) in [5.74, 6) is 1.04. The van der Waals surface area contributed by atoms with Crippen LogP contribution in [0.15, 0.2) is 12.1 Å². The summed E-state index contributed by atoms with van der Waals surface area (Å²) in [5.41, 5.74) is 1.76. The fourth-order valence-electron chi connectivity index (χ4n) is 6.94. The molecule has 5 nitrogen and oxygen atoms in total. The lowest BCUT2D eigenvalue weighted by atomic mass is 9.47. The van der Waals surface area contributed by atoms with Crippen molar-refractivity contribution in [3.8, 4) is 11.5 Å². The predicted molar refractivity (Wildman–Crippen MR) is 130 cm³/mol. The number of rotatable bonds is 9. The first-order chi connectivity index (χ1) is 15.8. The van der Waals surface area contributed by atoms with E-state index in [0.717, 1.165) is 37.2 Å². The van der Waals surface area contributed by atoms with Crippen molar-refractivity contribution in [2.24, 2.45) is 11.3 Å². The van der Waals surface area contributed by atoms with Crippen molar-refractivity contribution >= 4 is 0 Å². The summed E-state index contributed by atoms with van der Waals surface area (Å²) < 4.78 is 25.9. The number of benzene rings is 1. The second-order valence-corrected chi connectivity index (χ2v) is 10.8. The SMILES string of the molecule is CCCCCCC12c3c(ccc(OC)c3OC1C1(CC)OCCC(C)O1)CC(C)C2(C)CO. The molecule has 6 atom stereocenters. The maximum absolute atomic E-state index is 11.0. The normalized spacial score (nSPS) is 37.5. The maximum Gasteiger partial charge on any atom is 0.206 e. The van der Waals surface area contributed by atoms with E-state index in [1.165, 1.54) is 30.4 Å². The minimum absolute atomic E-state index is 0.103. The maximum atomic E-state index is 11.0. The van der Waals surface area contributed by atoms with Crippen molar-refractivity contribution in [2.45, 2.75) is 109 Å². The van der Waals surface area contributed by atoms with Gasteiger partial charge in [0.1, 0.15) is 0 Å². The molecule has 1 saturated heterocycles. The first-order valence-corrected chi connectivity index (χ1v) is 13.1. The number of hydrogen-bond acceptors (Lipinski definition) is 5. The monoisotopic (exact) mass is 460 g/mol. The fourth-order valence-corrected chi connectivity index (χ4v) is 6.94. The van der Waals surface area contributed by atoms with Crippen molar-refractivity contribution in [3.63, 3.8) is 0 Å². The number of aliphatic hydroxyl groups excluding tert-OH is 1. The van der Waals surface area contributed by atoms with Crippen LogP contribution in [0.4, 0.5) is 0 Å². The molecule has 3 aliphatic rings. The highest BCUT2D eigenvalue weighted by Crippen LogP contribution is 2.67. The Hall–Kier alpha value is -1.30. The van der Waals surface area contributed by atoms with Crippen LogP contribution in [0.3, 0.4) is 0 Å². The highest BCUT2D eigenvalue weighted by molar-refractivity contribution is 5.61. The Morgan fingerprint density at radius 1 is 1.15 bits per heavy atom. The van der Waals surface area contributed by atoms with Gasteiger partial charge >= 0.3 is 0 Å². The third-order valence-electron chi connectivity index (χ3n) is 9.11. The zero-order valence-corrected chi connectivity index (χ0v) is 21.5. The average molecular weight is 461 g/mol. The Bertz CT molecular complexity index is 840. The predicted octanol–water partition coefficient (Wildman–Crippen LogP) is 5.79. The zero-order chi connectivity index (χ0) is 23.9. The highest BCUT2D eigenvalue weighted by Gasteiger charge is 2.70. The van der Waals surface area contributed by atoms with Gasteiger partial charge in [0.05, 0.1) is 19.8 Å². The standard InChI is InChI=1S/C28H44O5/c1-7-9-10-11-15-27-23-21(17-19(3)26(27,5)18-29)12-13-22(30-6)24(23)32-25(27)28(8-2)31-16-14-20(4)33-28/h12-13,19-20,25,29H,7-11,14-18H2,1-6H3. The molecule has 4 rings (SSSR count). The number of hydrogen-bond donors (Lipinski definition) is 1. The van der Waals surface area contributed by atoms with Crippen LogP contribution in [-0.4, -0.2) is 43.4 Å². The van der Waals surface area contributed by atoms with E-state index in [1.807, 2.05) is 6.07 Å². The topological polar surface area (TPSA) is 57.2 Å². The molecule has 0 aromatic heterocycles. The molecule has 0 amide bonds. The van der Waals surface area contributed by atoms with Crippen LogP contribution in [0.25, 0.3) is 0 Å². The molecule has 1 aromatic carbocycles. The third kappa shape index (κ3) is 3.61. The molecule has 2 aliphatic heterocycles. The molecule has 1 fully saturated rings. The Labute approximate surface area is 200 Å². The van der Waals surface area contributed by atoms with E-state index in [-0.39, 0.29) is 24.2 Å². The number of methoxy groups -OCH3 is 1. The second-order valence-electron chi connectivity index (χ2n) is 10.8. The van der Waals surface area contributed by atoms with Gasteiger partial charge < -0.3 is 24.1 Å². The number of unbranched alkanes of at least 4 members (excludes halogenated alkanes) is 3. The van der Waals surface area contributed by atoms with E-state index in [1.54, 1.807) is 7.11 Å². The lowest BCUT2D eigenvalue weighted by Gasteiger charge is -2.58. The molecular formula is C28H44O5. The summed E-state index contributed by atoms with van der Waals surface area (Å²) in [7, 11) is 1.71. The van der Waals surface area contributed by atoms with Gasteiger partial charge in [-0.15, -0.1) is 0 Å². The van der Waals surface area contributed by atoms with Gasteiger partial charge in [-0.05, 0) is 43.7 Å². The van der Waals surface area contributed by atoms with E-state index >= 15 is 0 Å². The van der Waals surface area contributed by atoms with Gasteiger partial charge in [0.15, 0.2) is 17.6 Å². The van der Waals surface area contributed by atoms with Crippen LogP contribution in [0.2, 0.25) is 0 Å². The van der Waals surface area contributed by atoms with E-state index in [9.17, 15) is 5.11 Å². The smallest absolute Gasteiger partial charge is 0.206 e. The molecule has 5 heteroatoms. The second kappa shape index (κ2) is 9.39. The third-order valence-corrected chi connectivity index (χ3v) is 9.11. The molecule has 0 radical (unpaired) electrons. The molecule has 0 spiro atoms. The number of ether oxygens (including phenoxy) is 4. The van der Waals surface area contributed by atoms with E-state index < -0.39 is 11.2 Å². The molecule has 1 N–H and O–H groups in total. The molecule has 6 unspecified atom stereocenters. The molecule has 1 aliphatic carbocycles. The zero-order valence-electron chi connectivity index (χ0n) is 21.5. The van der Waals surface area contributed by atoms with Gasteiger partial charge in [-0.2, -0.15) is 0 Å². The lowest BCUT2D eigenvalue weighted by Crippen LogP contribution is -2.67. The summed E-state index contributed by atoms with van der Waals surface area (Å²) in [6.45, 7) is 11.8. The minimum Gasteiger partial charge on any atom is -0.493 e. The van der Waals surface area contributed by atoms with Crippen molar-refractivity contribution in [1.29, 1.82) is 0 Å². The van der Waals surface area contributed by atoms with Crippen LogP contribution >= 0.6 is 0 Å². The van der Waals surface area contributed by atoms with Crippen LogP contribution in [0.1, 0.15) is 90.7 Å². The largest absolute Gasteiger partial charge is 0.493 e. The molecule has 186 valence electrons. The lowest BCUT2D eigenvalue weighted by molar-refractivity contribution is -0.337. The van der Waals surface area contributed by atoms with E-state index in [4.69, 9.17) is 18.9 Å². The molecule has 1 aromatic rings. The van der Waals surface area contributed by atoms with Gasteiger partial charge in [-0.25, -0.2) is 0 Å². The molecule has 0 saturated carbocycles. The Kier molecular flexibility index (Phi) is 7.06. The summed E-state index contributed by atoms with van der Waals surface area (Å²) in [6, 6.07) is 4.25. The molecule has 0 bridgehead atoms. The Morgan fingerprint density at radius 2 is 1.94 bits per heavy atom. The quantitative estimate of drug-likeness (QED) is 0.473. The summed E-state index contributed by atoms with van der Waals surface area (Å²) >= 11 is 0. The average Bonchev–Trinajstić information content (AvgIpc) is 3.18. The Balaban J connectivity index is 1.95. The van der Waals surface area contributed by atoms with E-state index in [0.29, 0.717) is 18.9 Å². The van der Waals surface area contributed by atoms with Crippen molar-refractivity contribution in [1.82, 2.24) is 0 Å². The number of aliphatic hydroxyl groups is 1. The van der Waals surface area contributed by atoms with Crippen molar-refractivity contribution in [3.05, 3.63) is 23.3 Å². The van der Waals surface area contributed by atoms with Gasteiger partial charge in [0.2, 0.25) is 5.79 Å². The Morgan fingerprint density at radius 3 is 2.58 bits per heavy atom. The van der Waals surface area contributed by atoms with E-state index in [2.05, 4.69) is 40.7 Å². The molecule has 33 heavy (non-hydrogen) atoms. The first kappa shape index (κ1) is 24.8. The first-order valence-electron chi connectivity index (χ1n) is 13.1.